The van der Waals surface area contributed by atoms with Gasteiger partial charge < -0.3 is 9.47 Å². The Kier molecular flexibility index (Phi) is 6.62. The molecular weight excluding hydrogens is 398 g/mol. The van der Waals surface area contributed by atoms with E-state index >= 15 is 0 Å². The third-order valence-electron chi connectivity index (χ3n) is 5.16. The molecule has 3 aromatic rings. The van der Waals surface area contributed by atoms with Crippen molar-refractivity contribution in [2.45, 2.75) is 13.8 Å². The Morgan fingerprint density at radius 2 is 2.03 bits per heavy atom. The van der Waals surface area contributed by atoms with Crippen molar-refractivity contribution in [3.8, 4) is 5.75 Å². The summed E-state index contributed by atoms with van der Waals surface area (Å²) in [7, 11) is 0. The minimum Gasteiger partial charge on any atom is -0.492 e. The molecule has 4 rings (SSSR count). The molecule has 158 valence electrons. The highest BCUT2D eigenvalue weighted by Gasteiger charge is 2.23. The molecule has 1 fully saturated rings. The zero-order valence-corrected chi connectivity index (χ0v) is 18.3. The number of aryl methyl sites for hydroxylation is 1. The summed E-state index contributed by atoms with van der Waals surface area (Å²) in [5, 5.41) is 0.705. The zero-order valence-electron chi connectivity index (χ0n) is 17.5. The van der Waals surface area contributed by atoms with Gasteiger partial charge in [-0.2, -0.15) is 0 Å². The summed E-state index contributed by atoms with van der Waals surface area (Å²) < 4.78 is 12.2. The molecule has 0 aliphatic carbocycles. The van der Waals surface area contributed by atoms with E-state index in [4.69, 9.17) is 14.5 Å². The molecule has 0 unspecified atom stereocenters. The van der Waals surface area contributed by atoms with Crippen molar-refractivity contribution in [1.29, 1.82) is 0 Å². The first-order chi connectivity index (χ1) is 14.7. The number of rotatable bonds is 7. The van der Waals surface area contributed by atoms with Gasteiger partial charge in [0, 0.05) is 31.7 Å². The second-order valence-electron chi connectivity index (χ2n) is 7.31. The molecule has 1 amide bonds. The Morgan fingerprint density at radius 3 is 2.80 bits per heavy atom. The van der Waals surface area contributed by atoms with Crippen LogP contribution in [0.1, 0.15) is 22.8 Å². The van der Waals surface area contributed by atoms with Gasteiger partial charge in [-0.05, 0) is 38.1 Å². The van der Waals surface area contributed by atoms with E-state index in [2.05, 4.69) is 4.90 Å². The van der Waals surface area contributed by atoms with Gasteiger partial charge in [-0.25, -0.2) is 4.98 Å². The lowest BCUT2D eigenvalue weighted by Crippen LogP contribution is -2.43. The standard InChI is InChI=1S/C23H27N3O3S/c1-3-29-19-8-5-9-20-21(19)24-23(30-20)26(11-10-25-12-14-28-15-13-25)22(27)18-7-4-6-17(2)16-18/h4-9,16H,3,10-15H2,1-2H3. The minimum absolute atomic E-state index is 0.0241. The molecule has 30 heavy (non-hydrogen) atoms. The van der Waals surface area contributed by atoms with Gasteiger partial charge in [0.05, 0.1) is 24.5 Å². The maximum atomic E-state index is 13.5. The van der Waals surface area contributed by atoms with Gasteiger partial charge in [0.1, 0.15) is 11.3 Å². The van der Waals surface area contributed by atoms with Gasteiger partial charge in [0.2, 0.25) is 0 Å². The molecule has 1 aromatic heterocycles. The van der Waals surface area contributed by atoms with E-state index in [1.54, 1.807) is 0 Å². The number of aromatic nitrogens is 1. The highest BCUT2D eigenvalue weighted by Crippen LogP contribution is 2.34. The van der Waals surface area contributed by atoms with Gasteiger partial charge in [0.15, 0.2) is 5.13 Å². The number of thiazole rings is 1. The van der Waals surface area contributed by atoms with Crippen LogP contribution in [0.5, 0.6) is 5.75 Å². The van der Waals surface area contributed by atoms with Crippen LogP contribution in [0.2, 0.25) is 0 Å². The number of para-hydroxylation sites is 1. The second-order valence-corrected chi connectivity index (χ2v) is 8.32. The fourth-order valence-electron chi connectivity index (χ4n) is 3.58. The van der Waals surface area contributed by atoms with E-state index in [0.29, 0.717) is 23.8 Å². The third-order valence-corrected chi connectivity index (χ3v) is 6.20. The van der Waals surface area contributed by atoms with Crippen molar-refractivity contribution in [2.75, 3.05) is 50.9 Å². The highest BCUT2D eigenvalue weighted by molar-refractivity contribution is 7.22. The zero-order chi connectivity index (χ0) is 20.9. The largest absolute Gasteiger partial charge is 0.492 e. The number of carbonyl (C=O) groups excluding carboxylic acids is 1. The van der Waals surface area contributed by atoms with E-state index in [-0.39, 0.29) is 5.91 Å². The Labute approximate surface area is 181 Å². The fourth-order valence-corrected chi connectivity index (χ4v) is 4.59. The van der Waals surface area contributed by atoms with Crippen LogP contribution >= 0.6 is 11.3 Å². The predicted molar refractivity (Wildman–Crippen MR) is 121 cm³/mol. The van der Waals surface area contributed by atoms with E-state index in [1.807, 2.05) is 61.2 Å². The van der Waals surface area contributed by atoms with Crippen molar-refractivity contribution >= 4 is 32.6 Å². The third kappa shape index (κ3) is 4.64. The molecule has 0 bridgehead atoms. The summed E-state index contributed by atoms with van der Waals surface area (Å²) in [6, 6.07) is 13.6. The summed E-state index contributed by atoms with van der Waals surface area (Å²) in [6.07, 6.45) is 0. The molecule has 0 saturated carbocycles. The molecule has 2 heterocycles. The minimum atomic E-state index is -0.0241. The molecule has 0 N–H and O–H groups in total. The van der Waals surface area contributed by atoms with Crippen LogP contribution < -0.4 is 9.64 Å². The predicted octanol–water partition coefficient (Wildman–Crippen LogP) is 3.98. The first-order valence-corrected chi connectivity index (χ1v) is 11.2. The molecule has 7 heteroatoms. The Morgan fingerprint density at radius 1 is 1.23 bits per heavy atom. The monoisotopic (exact) mass is 425 g/mol. The Bertz CT molecular complexity index is 1010. The molecule has 0 spiro atoms. The smallest absolute Gasteiger partial charge is 0.260 e. The maximum absolute atomic E-state index is 13.5. The van der Waals surface area contributed by atoms with E-state index < -0.39 is 0 Å². The van der Waals surface area contributed by atoms with Crippen LogP contribution in [0, 0.1) is 6.92 Å². The highest BCUT2D eigenvalue weighted by atomic mass is 32.1. The number of anilines is 1. The van der Waals surface area contributed by atoms with Crippen LogP contribution in [-0.2, 0) is 4.74 Å². The van der Waals surface area contributed by atoms with Crippen molar-refractivity contribution in [3.05, 3.63) is 53.6 Å². The number of amides is 1. The lowest BCUT2D eigenvalue weighted by atomic mass is 10.1. The second kappa shape index (κ2) is 9.55. The summed E-state index contributed by atoms with van der Waals surface area (Å²) in [6.45, 7) is 9.17. The van der Waals surface area contributed by atoms with Gasteiger partial charge in [-0.1, -0.05) is 35.1 Å². The van der Waals surface area contributed by atoms with Crippen molar-refractivity contribution in [3.63, 3.8) is 0 Å². The summed E-state index contributed by atoms with van der Waals surface area (Å²) in [4.78, 5) is 22.4. The molecule has 1 saturated heterocycles. The van der Waals surface area contributed by atoms with Crippen molar-refractivity contribution in [1.82, 2.24) is 9.88 Å². The number of hydrogen-bond acceptors (Lipinski definition) is 6. The number of hydrogen-bond donors (Lipinski definition) is 0. The molecule has 1 aliphatic heterocycles. The number of ether oxygens (including phenoxy) is 2. The number of nitrogens with zero attached hydrogens (tertiary/aromatic N) is 3. The van der Waals surface area contributed by atoms with E-state index in [0.717, 1.165) is 54.4 Å². The summed E-state index contributed by atoms with van der Waals surface area (Å²) in [5.41, 5.74) is 2.56. The topological polar surface area (TPSA) is 54.9 Å². The summed E-state index contributed by atoms with van der Waals surface area (Å²) >= 11 is 1.53. The molecular formula is C23H27N3O3S. The number of fused-ring (bicyclic) bond motifs is 1. The van der Waals surface area contributed by atoms with Crippen LogP contribution in [0.4, 0.5) is 5.13 Å². The Hall–Kier alpha value is -2.48. The number of morpholine rings is 1. The van der Waals surface area contributed by atoms with Crippen LogP contribution in [0.15, 0.2) is 42.5 Å². The van der Waals surface area contributed by atoms with Gasteiger partial charge in [-0.3, -0.25) is 14.6 Å². The normalized spacial score (nSPS) is 14.7. The van der Waals surface area contributed by atoms with Crippen LogP contribution in [0.3, 0.4) is 0 Å². The van der Waals surface area contributed by atoms with Gasteiger partial charge >= 0.3 is 0 Å². The lowest BCUT2D eigenvalue weighted by Gasteiger charge is -2.29. The quantitative estimate of drug-likeness (QED) is 0.573. The molecule has 0 atom stereocenters. The first-order valence-electron chi connectivity index (χ1n) is 10.4. The maximum Gasteiger partial charge on any atom is 0.260 e. The molecule has 0 radical (unpaired) electrons. The van der Waals surface area contributed by atoms with Crippen molar-refractivity contribution < 1.29 is 14.3 Å². The average molecular weight is 426 g/mol. The fraction of sp³-hybridized carbons (Fsp3) is 0.391. The molecule has 6 nitrogen and oxygen atoms in total. The van der Waals surface area contributed by atoms with E-state index in [9.17, 15) is 4.79 Å². The van der Waals surface area contributed by atoms with Crippen molar-refractivity contribution in [2.24, 2.45) is 0 Å². The SMILES string of the molecule is CCOc1cccc2sc(N(CCN3CCOCC3)C(=O)c3cccc(C)c3)nc12. The van der Waals surface area contributed by atoms with Crippen LogP contribution in [0.25, 0.3) is 10.2 Å². The number of benzene rings is 2. The molecule has 1 aliphatic rings. The average Bonchev–Trinajstić information content (AvgIpc) is 3.20. The van der Waals surface area contributed by atoms with Crippen LogP contribution in [-0.4, -0.2) is 61.8 Å². The van der Waals surface area contributed by atoms with E-state index in [1.165, 1.54) is 11.3 Å². The number of carbonyl (C=O) groups is 1. The lowest BCUT2D eigenvalue weighted by molar-refractivity contribution is 0.0391. The Balaban J connectivity index is 1.66. The summed E-state index contributed by atoms with van der Waals surface area (Å²) in [5.74, 6) is 0.734. The van der Waals surface area contributed by atoms with Gasteiger partial charge in [0.25, 0.3) is 5.91 Å². The van der Waals surface area contributed by atoms with Gasteiger partial charge in [-0.15, -0.1) is 0 Å². The first kappa shape index (κ1) is 20.8. The molecule has 2 aromatic carbocycles.